The van der Waals surface area contributed by atoms with Gasteiger partial charge in [-0.2, -0.15) is 0 Å². The SMILES string of the molecule is c1ccc(N(c2ccccc2)c2ccc(-c3ccc(N(c4ccccc4)c4ccc(-c5ccc(-c6ccc(-c7ccc(N(c8ccccc8)c8ccc(-c9ccc(N(c%10ccccc%10)c%10ccccc%10)cc9)cc8)cc7)cc6)cc5)cc4)cc3)cc2)cc1. The first kappa shape index (κ1) is 54.2. The molecule has 4 nitrogen and oxygen atoms in total. The average molecular weight is 1130 g/mol. The van der Waals surface area contributed by atoms with Crippen LogP contribution in [0.15, 0.2) is 376 Å². The van der Waals surface area contributed by atoms with Crippen molar-refractivity contribution in [2.75, 3.05) is 19.6 Å². The van der Waals surface area contributed by atoms with E-state index in [4.69, 9.17) is 0 Å². The number of para-hydroxylation sites is 6. The maximum absolute atomic E-state index is 2.32. The average Bonchev–Trinajstić information content (AvgIpc) is 3.80. The van der Waals surface area contributed by atoms with E-state index in [1.54, 1.807) is 0 Å². The smallest absolute Gasteiger partial charge is 0.0462 e. The van der Waals surface area contributed by atoms with E-state index in [0.717, 1.165) is 90.5 Å². The third-order valence-corrected chi connectivity index (χ3v) is 16.3. The largest absolute Gasteiger partial charge is 0.311 e. The van der Waals surface area contributed by atoms with E-state index in [0.29, 0.717) is 0 Å². The molecule has 418 valence electrons. The summed E-state index contributed by atoms with van der Waals surface area (Å²) >= 11 is 0. The molecule has 0 aromatic heterocycles. The maximum Gasteiger partial charge on any atom is 0.0462 e. The minimum Gasteiger partial charge on any atom is -0.311 e. The van der Waals surface area contributed by atoms with Crippen molar-refractivity contribution in [3.63, 3.8) is 0 Å². The highest BCUT2D eigenvalue weighted by Crippen LogP contribution is 2.42. The molecular weight excluding hydrogens is 1060 g/mol. The summed E-state index contributed by atoms with van der Waals surface area (Å²) in [6, 6.07) is 134. The molecule has 0 saturated carbocycles. The van der Waals surface area contributed by atoms with Crippen molar-refractivity contribution in [1.29, 1.82) is 0 Å². The van der Waals surface area contributed by atoms with Gasteiger partial charge in [-0.1, -0.05) is 231 Å². The lowest BCUT2D eigenvalue weighted by molar-refractivity contribution is 1.28. The Labute approximate surface area is 516 Å². The molecule has 0 aliphatic carbocycles. The Balaban J connectivity index is 0.645. The Morgan fingerprint density at radius 2 is 0.182 bits per heavy atom. The van der Waals surface area contributed by atoms with E-state index < -0.39 is 0 Å². The van der Waals surface area contributed by atoms with Gasteiger partial charge in [0.1, 0.15) is 0 Å². The van der Waals surface area contributed by atoms with Gasteiger partial charge in [0.25, 0.3) is 0 Å². The summed E-state index contributed by atoms with van der Waals surface area (Å²) in [5.41, 5.74) is 25.0. The molecule has 0 N–H and O–H groups in total. The zero-order chi connectivity index (χ0) is 58.9. The topological polar surface area (TPSA) is 13.0 Å². The van der Waals surface area contributed by atoms with Crippen molar-refractivity contribution in [1.82, 2.24) is 0 Å². The minimum absolute atomic E-state index is 1.09. The number of benzene rings is 14. The van der Waals surface area contributed by atoms with Crippen LogP contribution in [0.4, 0.5) is 68.2 Å². The van der Waals surface area contributed by atoms with Crippen molar-refractivity contribution in [2.45, 2.75) is 0 Å². The van der Waals surface area contributed by atoms with E-state index in [9.17, 15) is 0 Å². The predicted molar refractivity (Wildman–Crippen MR) is 372 cm³/mol. The van der Waals surface area contributed by atoms with Crippen molar-refractivity contribution < 1.29 is 0 Å². The number of hydrogen-bond acceptors (Lipinski definition) is 4. The van der Waals surface area contributed by atoms with Crippen molar-refractivity contribution >= 4 is 68.2 Å². The monoisotopic (exact) mass is 1130 g/mol. The summed E-state index contributed by atoms with van der Waals surface area (Å²) in [5, 5.41) is 0. The van der Waals surface area contributed by atoms with Gasteiger partial charge in [-0.3, -0.25) is 0 Å². The Morgan fingerprint density at radius 1 is 0.0909 bits per heavy atom. The molecule has 0 radical (unpaired) electrons. The van der Waals surface area contributed by atoms with E-state index in [-0.39, 0.29) is 0 Å². The van der Waals surface area contributed by atoms with Gasteiger partial charge in [-0.15, -0.1) is 0 Å². The van der Waals surface area contributed by atoms with E-state index in [1.807, 2.05) is 0 Å². The van der Waals surface area contributed by atoms with Gasteiger partial charge in [0.15, 0.2) is 0 Å². The number of anilines is 12. The summed E-state index contributed by atoms with van der Waals surface area (Å²) < 4.78 is 0. The highest BCUT2D eigenvalue weighted by molar-refractivity contribution is 5.85. The van der Waals surface area contributed by atoms with Crippen LogP contribution in [-0.2, 0) is 0 Å². The summed E-state index contributed by atoms with van der Waals surface area (Å²) in [5.74, 6) is 0. The quantitative estimate of drug-likeness (QED) is 0.0901. The first-order chi connectivity index (χ1) is 43.6. The molecule has 0 amide bonds. The summed E-state index contributed by atoms with van der Waals surface area (Å²) in [4.78, 5) is 9.23. The van der Waals surface area contributed by atoms with Crippen LogP contribution < -0.4 is 19.6 Å². The second-order valence-corrected chi connectivity index (χ2v) is 21.8. The Kier molecular flexibility index (Phi) is 15.6. The molecule has 4 heteroatoms. The fourth-order valence-electron chi connectivity index (χ4n) is 11.8. The third kappa shape index (κ3) is 11.7. The molecule has 0 saturated heterocycles. The maximum atomic E-state index is 2.32. The zero-order valence-corrected chi connectivity index (χ0v) is 48.6. The van der Waals surface area contributed by atoms with Crippen LogP contribution in [0.25, 0.3) is 55.6 Å². The molecule has 14 aromatic carbocycles. The number of rotatable bonds is 17. The van der Waals surface area contributed by atoms with Crippen LogP contribution in [0.5, 0.6) is 0 Å². The first-order valence-corrected chi connectivity index (χ1v) is 30.0. The zero-order valence-electron chi connectivity index (χ0n) is 48.6. The van der Waals surface area contributed by atoms with Gasteiger partial charge in [-0.25, -0.2) is 0 Å². The Morgan fingerprint density at radius 3 is 0.295 bits per heavy atom. The lowest BCUT2D eigenvalue weighted by Gasteiger charge is -2.26. The second-order valence-electron chi connectivity index (χ2n) is 21.8. The second kappa shape index (κ2) is 25.2. The lowest BCUT2D eigenvalue weighted by Crippen LogP contribution is -2.09. The molecular formula is C84H62N4. The van der Waals surface area contributed by atoms with E-state index in [1.165, 1.54) is 33.4 Å². The van der Waals surface area contributed by atoms with E-state index >= 15 is 0 Å². The molecule has 88 heavy (non-hydrogen) atoms. The van der Waals surface area contributed by atoms with Gasteiger partial charge in [0, 0.05) is 68.2 Å². The normalized spacial score (nSPS) is 11.0. The van der Waals surface area contributed by atoms with Crippen LogP contribution in [0.1, 0.15) is 0 Å². The molecule has 14 rings (SSSR count). The molecule has 0 aliphatic heterocycles. The Hall–Kier alpha value is -11.7. The number of nitrogens with zero attached hydrogens (tertiary/aromatic N) is 4. The summed E-state index contributed by atoms with van der Waals surface area (Å²) in [7, 11) is 0. The van der Waals surface area contributed by atoms with Crippen molar-refractivity contribution in [3.05, 3.63) is 376 Å². The van der Waals surface area contributed by atoms with Crippen molar-refractivity contribution in [3.8, 4) is 55.6 Å². The third-order valence-electron chi connectivity index (χ3n) is 16.3. The summed E-state index contributed by atoms with van der Waals surface area (Å²) in [6.45, 7) is 0. The molecule has 0 fully saturated rings. The Bertz CT molecular complexity index is 4120. The van der Waals surface area contributed by atoms with E-state index in [2.05, 4.69) is 396 Å². The molecule has 0 atom stereocenters. The van der Waals surface area contributed by atoms with Gasteiger partial charge in [0.05, 0.1) is 0 Å². The van der Waals surface area contributed by atoms with Crippen LogP contribution >= 0.6 is 0 Å². The fourth-order valence-corrected chi connectivity index (χ4v) is 11.8. The minimum atomic E-state index is 1.09. The van der Waals surface area contributed by atoms with Crippen LogP contribution in [0.2, 0.25) is 0 Å². The van der Waals surface area contributed by atoms with Gasteiger partial charge in [0.2, 0.25) is 0 Å². The number of hydrogen-bond donors (Lipinski definition) is 0. The lowest BCUT2D eigenvalue weighted by atomic mass is 9.97. The molecule has 0 heterocycles. The highest BCUT2D eigenvalue weighted by Gasteiger charge is 2.18. The molecule has 0 unspecified atom stereocenters. The summed E-state index contributed by atoms with van der Waals surface area (Å²) in [6.07, 6.45) is 0. The van der Waals surface area contributed by atoms with Crippen molar-refractivity contribution in [2.24, 2.45) is 0 Å². The first-order valence-electron chi connectivity index (χ1n) is 30.0. The fraction of sp³-hybridized carbons (Fsp3) is 0. The molecule has 0 bridgehead atoms. The van der Waals surface area contributed by atoms with Crippen LogP contribution in [0, 0.1) is 0 Å². The molecule has 0 spiro atoms. The highest BCUT2D eigenvalue weighted by atomic mass is 15.2. The van der Waals surface area contributed by atoms with Gasteiger partial charge < -0.3 is 19.6 Å². The molecule has 14 aromatic rings. The van der Waals surface area contributed by atoms with Gasteiger partial charge >= 0.3 is 0 Å². The predicted octanol–water partition coefficient (Wildman–Crippen LogP) is 23.9. The molecule has 0 aliphatic rings. The van der Waals surface area contributed by atoms with Crippen LogP contribution in [-0.4, -0.2) is 0 Å². The van der Waals surface area contributed by atoms with Crippen LogP contribution in [0.3, 0.4) is 0 Å². The standard InChI is InChI=1S/C84H62N4/c1-7-19-73(20-8-1)85(74-21-9-2-10-22-74)79-51-43-69(44-52-79)71-47-59-83(60-48-71)87(77-27-15-5-16-28-77)81-55-39-67(40-56-81)65-35-31-63(32-36-65)64-33-37-66(38-34-64)68-41-57-82(58-42-68)88(78-29-17-6-18-30-78)84-61-49-72(50-62-84)70-45-53-80(54-46-70)86(75-23-11-3-12-24-75)76-25-13-4-14-26-76/h1-62H. The van der Waals surface area contributed by atoms with Gasteiger partial charge in [-0.05, 0) is 201 Å².